The molecule has 9 nitrogen and oxygen atoms in total. The molecule has 0 aromatic carbocycles. The predicted octanol–water partition coefficient (Wildman–Crippen LogP) is 1.69. The third-order valence-electron chi connectivity index (χ3n) is 0.791. The molecule has 0 aliphatic heterocycles. The number of rotatable bonds is 2. The van der Waals surface area contributed by atoms with Crippen LogP contribution >= 0.6 is 0 Å². The van der Waals surface area contributed by atoms with Gasteiger partial charge in [-0.2, -0.15) is 15.4 Å². The highest BCUT2D eigenvalue weighted by atomic mass is 15.4. The molecule has 0 amide bonds. The Labute approximate surface area is 59.3 Å². The molecule has 0 bridgehead atoms. The zero-order valence-corrected chi connectivity index (χ0v) is 5.08. The van der Waals surface area contributed by atoms with Crippen molar-refractivity contribution in [3.63, 3.8) is 0 Å². The van der Waals surface area contributed by atoms with Crippen molar-refractivity contribution in [2.75, 3.05) is 0 Å². The van der Waals surface area contributed by atoms with Crippen LogP contribution in [-0.4, -0.2) is 15.4 Å². The van der Waals surface area contributed by atoms with Crippen molar-refractivity contribution in [2.24, 2.45) is 10.2 Å². The van der Waals surface area contributed by atoms with Crippen LogP contribution < -0.4 is 0 Å². The highest BCUT2D eigenvalue weighted by molar-refractivity contribution is 5.48. The highest BCUT2D eigenvalue weighted by Crippen LogP contribution is 2.20. The van der Waals surface area contributed by atoms with E-state index < -0.39 is 0 Å². The molecular weight excluding hydrogens is 150 g/mol. The number of azide groups is 2. The first-order valence-corrected chi connectivity index (χ1v) is 2.39. The molecule has 0 saturated carbocycles. The van der Waals surface area contributed by atoms with Crippen LogP contribution in [0, 0.1) is 0 Å². The van der Waals surface area contributed by atoms with E-state index in [2.05, 4.69) is 35.5 Å². The van der Waals surface area contributed by atoms with Crippen molar-refractivity contribution < 1.29 is 0 Å². The number of hydrogen-bond donors (Lipinski definition) is 1. The van der Waals surface area contributed by atoms with Gasteiger partial charge in [0.15, 0.2) is 11.6 Å². The predicted molar refractivity (Wildman–Crippen MR) is 34.0 cm³/mol. The molecule has 1 aromatic rings. The van der Waals surface area contributed by atoms with Crippen LogP contribution in [0.4, 0.5) is 11.6 Å². The summed E-state index contributed by atoms with van der Waals surface area (Å²) in [6.45, 7) is 0. The average Bonchev–Trinajstić information content (AvgIpc) is 2.39. The number of aromatic nitrogens is 3. The summed E-state index contributed by atoms with van der Waals surface area (Å²) in [5.74, 6) is -0.129. The topological polar surface area (TPSA) is 139 Å². The maximum Gasteiger partial charge on any atom is 0.178 e. The van der Waals surface area contributed by atoms with Crippen molar-refractivity contribution in [3.8, 4) is 0 Å². The molecule has 54 valence electrons. The summed E-state index contributed by atoms with van der Waals surface area (Å²) in [4.78, 5) is 4.88. The minimum absolute atomic E-state index is 0.0645. The summed E-state index contributed by atoms with van der Waals surface area (Å²) >= 11 is 0. The van der Waals surface area contributed by atoms with Crippen LogP contribution in [0.1, 0.15) is 0 Å². The van der Waals surface area contributed by atoms with Gasteiger partial charge in [-0.25, -0.2) is 0 Å². The van der Waals surface area contributed by atoms with Gasteiger partial charge < -0.3 is 0 Å². The Kier molecular flexibility index (Phi) is 1.91. The van der Waals surface area contributed by atoms with Crippen LogP contribution in [0.3, 0.4) is 0 Å². The van der Waals surface area contributed by atoms with Crippen LogP contribution in [-0.2, 0) is 0 Å². The highest BCUT2D eigenvalue weighted by Gasteiger charge is 2.00. The van der Waals surface area contributed by atoms with Crippen molar-refractivity contribution in [3.05, 3.63) is 20.9 Å². The summed E-state index contributed by atoms with van der Waals surface area (Å²) in [6, 6.07) is 0. The summed E-state index contributed by atoms with van der Waals surface area (Å²) in [7, 11) is 0. The number of H-pyrrole nitrogens is 1. The van der Waals surface area contributed by atoms with E-state index >= 15 is 0 Å². The third-order valence-corrected chi connectivity index (χ3v) is 0.791. The zero-order valence-electron chi connectivity index (χ0n) is 5.08. The lowest BCUT2D eigenvalue weighted by molar-refractivity contribution is 0.938. The average molecular weight is 151 g/mol. The molecular formula is C2HN9. The first kappa shape index (κ1) is 6.87. The molecule has 1 rings (SSSR count). The van der Waals surface area contributed by atoms with E-state index in [0.717, 1.165) is 0 Å². The van der Waals surface area contributed by atoms with Gasteiger partial charge in [0.1, 0.15) is 0 Å². The van der Waals surface area contributed by atoms with Gasteiger partial charge in [-0.3, -0.25) is 0 Å². The lowest BCUT2D eigenvalue weighted by Gasteiger charge is -1.77. The molecule has 0 aliphatic carbocycles. The normalized spacial score (nSPS) is 8.00. The van der Waals surface area contributed by atoms with E-state index in [0.29, 0.717) is 0 Å². The molecule has 1 aromatic heterocycles. The van der Waals surface area contributed by atoms with Gasteiger partial charge in [-0.15, -0.1) is 0 Å². The lowest BCUT2D eigenvalue weighted by atomic mass is 10.7. The second kappa shape index (κ2) is 3.06. The second-order valence-corrected chi connectivity index (χ2v) is 1.35. The standard InChI is InChI=1S/C2HN9/c3-9-5-1-2(6-10-4)8-11-7-1/h(H,7,8,11). The molecule has 1 N–H and O–H groups in total. The molecule has 0 atom stereocenters. The summed E-state index contributed by atoms with van der Waals surface area (Å²) < 4.78 is 0. The van der Waals surface area contributed by atoms with Gasteiger partial charge in [-0.1, -0.05) is 0 Å². The van der Waals surface area contributed by atoms with Crippen molar-refractivity contribution in [1.29, 1.82) is 0 Å². The van der Waals surface area contributed by atoms with Gasteiger partial charge in [-0.05, 0) is 21.3 Å². The van der Waals surface area contributed by atoms with E-state index in [1.54, 1.807) is 0 Å². The minimum atomic E-state index is -0.0645. The second-order valence-electron chi connectivity index (χ2n) is 1.35. The fourth-order valence-electron chi connectivity index (χ4n) is 0.439. The largest absolute Gasteiger partial charge is 0.197 e. The van der Waals surface area contributed by atoms with Gasteiger partial charge in [0.2, 0.25) is 0 Å². The lowest BCUT2D eigenvalue weighted by Crippen LogP contribution is -1.64. The van der Waals surface area contributed by atoms with E-state index in [4.69, 9.17) is 11.1 Å². The Hall–Kier alpha value is -2.24. The maximum absolute atomic E-state index is 7.97. The van der Waals surface area contributed by atoms with E-state index in [1.165, 1.54) is 0 Å². The number of aromatic amines is 1. The van der Waals surface area contributed by atoms with Gasteiger partial charge in [0.05, 0.1) is 0 Å². The fourth-order valence-corrected chi connectivity index (χ4v) is 0.439. The Morgan fingerprint density at radius 2 is 1.55 bits per heavy atom. The smallest absolute Gasteiger partial charge is 0.178 e. The summed E-state index contributed by atoms with van der Waals surface area (Å²) in [6.07, 6.45) is 0. The van der Waals surface area contributed by atoms with E-state index in [-0.39, 0.29) is 11.6 Å². The van der Waals surface area contributed by atoms with Gasteiger partial charge in [0, 0.05) is 9.82 Å². The minimum Gasteiger partial charge on any atom is -0.197 e. The van der Waals surface area contributed by atoms with Crippen molar-refractivity contribution in [2.45, 2.75) is 0 Å². The van der Waals surface area contributed by atoms with Crippen LogP contribution in [0.15, 0.2) is 10.2 Å². The molecule has 0 fully saturated rings. The van der Waals surface area contributed by atoms with Crippen LogP contribution in [0.25, 0.3) is 20.9 Å². The van der Waals surface area contributed by atoms with E-state index in [9.17, 15) is 0 Å². The van der Waals surface area contributed by atoms with Crippen LogP contribution in [0.2, 0.25) is 0 Å². The van der Waals surface area contributed by atoms with Crippen molar-refractivity contribution in [1.82, 2.24) is 15.4 Å². The van der Waals surface area contributed by atoms with Gasteiger partial charge in [0.25, 0.3) is 0 Å². The molecule has 0 saturated heterocycles. The monoisotopic (exact) mass is 151 g/mol. The third kappa shape index (κ3) is 1.36. The number of nitrogens with zero attached hydrogens (tertiary/aromatic N) is 8. The Morgan fingerprint density at radius 3 is 1.91 bits per heavy atom. The number of nitrogens with one attached hydrogen (secondary N) is 1. The molecule has 0 spiro atoms. The Balaban J connectivity index is 3.14. The first-order valence-electron chi connectivity index (χ1n) is 2.39. The molecule has 1 heterocycles. The SMILES string of the molecule is [N-]=[N+]=Nc1n[nH]nc1N=[N+]=[N-]. The van der Waals surface area contributed by atoms with E-state index in [1.807, 2.05) is 0 Å². The van der Waals surface area contributed by atoms with Crippen LogP contribution in [0.5, 0.6) is 0 Å². The zero-order chi connectivity index (χ0) is 8.10. The molecule has 9 heteroatoms. The summed E-state index contributed by atoms with van der Waals surface area (Å²) in [5.41, 5.74) is 15.9. The fraction of sp³-hybridized carbons (Fsp3) is 0. The molecule has 0 unspecified atom stereocenters. The maximum atomic E-state index is 7.97. The van der Waals surface area contributed by atoms with Crippen molar-refractivity contribution >= 4 is 11.6 Å². The molecule has 11 heavy (non-hydrogen) atoms. The Morgan fingerprint density at radius 1 is 1.09 bits per heavy atom. The van der Waals surface area contributed by atoms with Gasteiger partial charge >= 0.3 is 0 Å². The number of hydrogen-bond acceptors (Lipinski definition) is 4. The molecule has 0 radical (unpaired) electrons. The Bertz CT molecular complexity index is 302. The molecule has 0 aliphatic rings. The summed E-state index contributed by atoms with van der Waals surface area (Å²) in [5, 5.41) is 15.1. The quantitative estimate of drug-likeness (QED) is 0.390. The first-order chi connectivity index (χ1) is 5.38.